The Labute approximate surface area is 82.6 Å². The van der Waals surface area contributed by atoms with Gasteiger partial charge in [0.05, 0.1) is 17.2 Å². The van der Waals surface area contributed by atoms with E-state index >= 15 is 0 Å². The third kappa shape index (κ3) is 1.49. The minimum Gasteiger partial charge on any atom is -0.326 e. The van der Waals surface area contributed by atoms with Crippen molar-refractivity contribution >= 4 is 11.3 Å². The Bertz CT molecular complexity index is 287. The highest BCUT2D eigenvalue weighted by molar-refractivity contribution is 7.09. The third-order valence-electron chi connectivity index (χ3n) is 2.75. The second kappa shape index (κ2) is 3.36. The molecule has 2 unspecified atom stereocenters. The predicted molar refractivity (Wildman–Crippen MR) is 54.8 cm³/mol. The van der Waals surface area contributed by atoms with Crippen LogP contribution in [0.15, 0.2) is 5.51 Å². The Morgan fingerprint density at radius 3 is 2.92 bits per heavy atom. The Kier molecular flexibility index (Phi) is 2.36. The number of hydrogen-bond acceptors (Lipinski definition) is 4. The molecule has 4 heteroatoms. The average Bonchev–Trinajstić information content (AvgIpc) is 2.60. The topological polar surface area (TPSA) is 42.1 Å². The van der Waals surface area contributed by atoms with Gasteiger partial charge in [0, 0.05) is 17.5 Å². The van der Waals surface area contributed by atoms with Crippen LogP contribution in [-0.4, -0.2) is 29.5 Å². The number of nitrogens with zero attached hydrogens (tertiary/aromatic N) is 2. The van der Waals surface area contributed by atoms with Crippen LogP contribution in [0.3, 0.4) is 0 Å². The summed E-state index contributed by atoms with van der Waals surface area (Å²) in [6.07, 6.45) is 1.10. The van der Waals surface area contributed by atoms with E-state index in [1.807, 2.05) is 5.51 Å². The normalized spacial score (nSPS) is 29.8. The molecule has 0 radical (unpaired) electrons. The third-order valence-corrected chi connectivity index (χ3v) is 3.75. The van der Waals surface area contributed by atoms with Crippen molar-refractivity contribution in [3.63, 3.8) is 0 Å². The molecular weight excluding hydrogens is 182 g/mol. The molecular formula is C9H15N3S. The number of thiazole rings is 1. The van der Waals surface area contributed by atoms with Gasteiger partial charge in [-0.05, 0) is 20.4 Å². The number of rotatable bonds is 1. The minimum absolute atomic E-state index is 0.282. The van der Waals surface area contributed by atoms with Crippen molar-refractivity contribution in [2.24, 2.45) is 5.73 Å². The lowest BCUT2D eigenvalue weighted by atomic mass is 10.1. The molecule has 13 heavy (non-hydrogen) atoms. The van der Waals surface area contributed by atoms with E-state index < -0.39 is 0 Å². The van der Waals surface area contributed by atoms with Gasteiger partial charge in [0.1, 0.15) is 0 Å². The van der Waals surface area contributed by atoms with Gasteiger partial charge in [-0.1, -0.05) is 0 Å². The van der Waals surface area contributed by atoms with E-state index in [-0.39, 0.29) is 6.04 Å². The molecule has 2 N–H and O–H groups in total. The largest absolute Gasteiger partial charge is 0.326 e. The number of hydrogen-bond donors (Lipinski definition) is 1. The van der Waals surface area contributed by atoms with E-state index in [1.54, 1.807) is 11.3 Å². The molecule has 0 saturated carbocycles. The summed E-state index contributed by atoms with van der Waals surface area (Å²) in [5.74, 6) is 0. The summed E-state index contributed by atoms with van der Waals surface area (Å²) < 4.78 is 0. The molecule has 2 atom stereocenters. The Morgan fingerprint density at radius 1 is 1.69 bits per heavy atom. The smallest absolute Gasteiger partial charge is 0.0798 e. The fourth-order valence-electron chi connectivity index (χ4n) is 1.97. The van der Waals surface area contributed by atoms with Crippen LogP contribution >= 0.6 is 11.3 Å². The van der Waals surface area contributed by atoms with Crippen LogP contribution in [0.1, 0.15) is 23.0 Å². The van der Waals surface area contributed by atoms with Crippen molar-refractivity contribution in [1.82, 2.24) is 9.88 Å². The molecule has 3 nitrogen and oxygen atoms in total. The highest BCUT2D eigenvalue weighted by Crippen LogP contribution is 2.33. The van der Waals surface area contributed by atoms with Gasteiger partial charge in [-0.25, -0.2) is 4.98 Å². The SMILES string of the molecule is Cc1ncsc1C1C(N)CCN1C. The standard InChI is InChI=1S/C9H15N3S/c1-6-9(13-5-11-6)8-7(10)3-4-12(8)2/h5,7-8H,3-4,10H2,1-2H3. The van der Waals surface area contributed by atoms with Crippen molar-refractivity contribution in [2.45, 2.75) is 25.4 Å². The van der Waals surface area contributed by atoms with E-state index in [1.165, 1.54) is 4.88 Å². The molecule has 0 aliphatic carbocycles. The van der Waals surface area contributed by atoms with E-state index in [9.17, 15) is 0 Å². The fourth-order valence-corrected chi connectivity index (χ4v) is 3.01. The van der Waals surface area contributed by atoms with Crippen molar-refractivity contribution in [3.05, 3.63) is 16.1 Å². The molecule has 1 aliphatic rings. The molecule has 0 aromatic carbocycles. The lowest BCUT2D eigenvalue weighted by molar-refractivity contribution is 0.307. The summed E-state index contributed by atoms with van der Waals surface area (Å²) in [4.78, 5) is 7.93. The highest BCUT2D eigenvalue weighted by atomic mass is 32.1. The van der Waals surface area contributed by atoms with Gasteiger partial charge in [0.25, 0.3) is 0 Å². The molecule has 1 aromatic heterocycles. The van der Waals surface area contributed by atoms with Gasteiger partial charge in [0.2, 0.25) is 0 Å². The van der Waals surface area contributed by atoms with E-state index in [0.717, 1.165) is 18.7 Å². The van der Waals surface area contributed by atoms with E-state index in [0.29, 0.717) is 6.04 Å². The van der Waals surface area contributed by atoms with Gasteiger partial charge in [-0.3, -0.25) is 4.90 Å². The first kappa shape index (κ1) is 9.12. The van der Waals surface area contributed by atoms with Crippen molar-refractivity contribution in [3.8, 4) is 0 Å². The molecule has 1 saturated heterocycles. The monoisotopic (exact) mass is 197 g/mol. The minimum atomic E-state index is 0.282. The van der Waals surface area contributed by atoms with Crippen molar-refractivity contribution in [2.75, 3.05) is 13.6 Å². The van der Waals surface area contributed by atoms with Crippen LogP contribution in [0.25, 0.3) is 0 Å². The van der Waals surface area contributed by atoms with Gasteiger partial charge in [0.15, 0.2) is 0 Å². The number of nitrogens with two attached hydrogens (primary N) is 1. The van der Waals surface area contributed by atoms with Gasteiger partial charge < -0.3 is 5.73 Å². The average molecular weight is 197 g/mol. The molecule has 1 aliphatic heterocycles. The summed E-state index contributed by atoms with van der Waals surface area (Å²) >= 11 is 1.72. The first-order chi connectivity index (χ1) is 6.20. The fraction of sp³-hybridized carbons (Fsp3) is 0.667. The molecule has 72 valence electrons. The van der Waals surface area contributed by atoms with Crippen LogP contribution in [0.4, 0.5) is 0 Å². The van der Waals surface area contributed by atoms with E-state index in [2.05, 4.69) is 23.9 Å². The van der Waals surface area contributed by atoms with Crippen LogP contribution in [0.5, 0.6) is 0 Å². The summed E-state index contributed by atoms with van der Waals surface area (Å²) in [7, 11) is 2.14. The Hall–Kier alpha value is -0.450. The lowest BCUT2D eigenvalue weighted by Gasteiger charge is -2.21. The zero-order chi connectivity index (χ0) is 9.42. The number of likely N-dealkylation sites (tertiary alicyclic amines) is 1. The molecule has 0 amide bonds. The van der Waals surface area contributed by atoms with Gasteiger partial charge >= 0.3 is 0 Å². The summed E-state index contributed by atoms with van der Waals surface area (Å²) in [6, 6.07) is 0.677. The second-order valence-corrected chi connectivity index (χ2v) is 4.57. The predicted octanol–water partition coefficient (Wildman–Crippen LogP) is 1.16. The van der Waals surface area contributed by atoms with Crippen molar-refractivity contribution < 1.29 is 0 Å². The molecule has 1 aromatic rings. The summed E-state index contributed by atoms with van der Waals surface area (Å²) in [6.45, 7) is 3.16. The van der Waals surface area contributed by atoms with Crippen LogP contribution in [0.2, 0.25) is 0 Å². The zero-order valence-corrected chi connectivity index (χ0v) is 8.84. The van der Waals surface area contributed by atoms with E-state index in [4.69, 9.17) is 5.73 Å². The molecule has 1 fully saturated rings. The maximum absolute atomic E-state index is 6.07. The van der Waals surface area contributed by atoms with Crippen molar-refractivity contribution in [1.29, 1.82) is 0 Å². The lowest BCUT2D eigenvalue weighted by Crippen LogP contribution is -2.29. The number of likely N-dealkylation sites (N-methyl/N-ethyl adjacent to an activating group) is 1. The first-order valence-electron chi connectivity index (χ1n) is 4.56. The van der Waals surface area contributed by atoms with Gasteiger partial charge in [-0.15, -0.1) is 11.3 Å². The van der Waals surface area contributed by atoms with Crippen LogP contribution in [0, 0.1) is 6.92 Å². The highest BCUT2D eigenvalue weighted by Gasteiger charge is 2.32. The molecule has 0 spiro atoms. The second-order valence-electron chi connectivity index (χ2n) is 3.68. The maximum Gasteiger partial charge on any atom is 0.0798 e. The molecule has 2 rings (SSSR count). The first-order valence-corrected chi connectivity index (χ1v) is 5.44. The Morgan fingerprint density at radius 2 is 2.46 bits per heavy atom. The summed E-state index contributed by atoms with van der Waals surface area (Å²) in [5, 5.41) is 0. The Balaban J connectivity index is 2.29. The van der Waals surface area contributed by atoms with Gasteiger partial charge in [-0.2, -0.15) is 0 Å². The quantitative estimate of drug-likeness (QED) is 0.734. The number of aryl methyl sites for hydroxylation is 1. The maximum atomic E-state index is 6.07. The molecule has 0 bridgehead atoms. The summed E-state index contributed by atoms with van der Waals surface area (Å²) in [5.41, 5.74) is 9.11. The van der Waals surface area contributed by atoms with Crippen LogP contribution < -0.4 is 5.73 Å². The molecule has 2 heterocycles. The van der Waals surface area contributed by atoms with Crippen LogP contribution in [-0.2, 0) is 0 Å². The number of aromatic nitrogens is 1. The zero-order valence-electron chi connectivity index (χ0n) is 8.03.